The zero-order valence-corrected chi connectivity index (χ0v) is 11.3. The standard InChI is InChI=1S/C16H15FN2O2/c17-14-7-4-8-15(19(20)21)16(14)18-13-9-12(10-13)11-5-2-1-3-6-11/h1-8,12-13,18H,9-10H2. The summed E-state index contributed by atoms with van der Waals surface area (Å²) in [4.78, 5) is 10.4. The number of rotatable bonds is 4. The molecule has 21 heavy (non-hydrogen) atoms. The lowest BCUT2D eigenvalue weighted by Crippen LogP contribution is -2.34. The number of benzene rings is 2. The number of hydrogen-bond donors (Lipinski definition) is 1. The summed E-state index contributed by atoms with van der Waals surface area (Å²) in [7, 11) is 0. The number of nitro benzene ring substituents is 1. The molecule has 0 amide bonds. The molecule has 1 aliphatic carbocycles. The van der Waals surface area contributed by atoms with Crippen molar-refractivity contribution < 1.29 is 9.31 Å². The Kier molecular flexibility index (Phi) is 3.56. The summed E-state index contributed by atoms with van der Waals surface area (Å²) in [5.41, 5.74) is 1.05. The smallest absolute Gasteiger partial charge is 0.295 e. The highest BCUT2D eigenvalue weighted by Gasteiger charge is 2.32. The van der Waals surface area contributed by atoms with Gasteiger partial charge in [0.05, 0.1) is 4.92 Å². The molecule has 0 atom stereocenters. The van der Waals surface area contributed by atoms with Crippen molar-refractivity contribution in [1.29, 1.82) is 0 Å². The van der Waals surface area contributed by atoms with Gasteiger partial charge in [-0.1, -0.05) is 36.4 Å². The van der Waals surface area contributed by atoms with E-state index in [1.54, 1.807) is 0 Å². The first-order chi connectivity index (χ1) is 10.1. The van der Waals surface area contributed by atoms with E-state index in [0.29, 0.717) is 5.92 Å². The molecule has 0 saturated heterocycles. The molecule has 1 aliphatic rings. The highest BCUT2D eigenvalue weighted by molar-refractivity contribution is 5.63. The summed E-state index contributed by atoms with van der Waals surface area (Å²) in [6.45, 7) is 0. The average molecular weight is 286 g/mol. The Balaban J connectivity index is 1.69. The Morgan fingerprint density at radius 3 is 2.48 bits per heavy atom. The minimum Gasteiger partial charge on any atom is -0.374 e. The fourth-order valence-corrected chi connectivity index (χ4v) is 2.74. The summed E-state index contributed by atoms with van der Waals surface area (Å²) in [6, 6.07) is 14.1. The molecule has 108 valence electrons. The molecule has 2 aromatic rings. The number of nitrogens with one attached hydrogen (secondary N) is 1. The predicted molar refractivity (Wildman–Crippen MR) is 78.9 cm³/mol. The zero-order valence-electron chi connectivity index (χ0n) is 11.3. The Morgan fingerprint density at radius 1 is 1.10 bits per heavy atom. The summed E-state index contributed by atoms with van der Waals surface area (Å²) in [5, 5.41) is 13.9. The fraction of sp³-hybridized carbons (Fsp3) is 0.250. The average Bonchev–Trinajstić information content (AvgIpc) is 2.44. The number of halogens is 1. The molecule has 1 saturated carbocycles. The van der Waals surface area contributed by atoms with Gasteiger partial charge in [0.15, 0.2) is 5.82 Å². The second-order valence-electron chi connectivity index (χ2n) is 5.31. The topological polar surface area (TPSA) is 55.2 Å². The molecule has 1 fully saturated rings. The molecule has 0 radical (unpaired) electrons. The van der Waals surface area contributed by atoms with Gasteiger partial charge in [-0.15, -0.1) is 0 Å². The van der Waals surface area contributed by atoms with Crippen LogP contribution in [0.15, 0.2) is 48.5 Å². The number of anilines is 1. The number of para-hydroxylation sites is 1. The Hall–Kier alpha value is -2.43. The highest BCUT2D eigenvalue weighted by Crippen LogP contribution is 2.40. The first-order valence-electron chi connectivity index (χ1n) is 6.89. The second kappa shape index (κ2) is 5.52. The van der Waals surface area contributed by atoms with Crippen molar-refractivity contribution in [1.82, 2.24) is 0 Å². The van der Waals surface area contributed by atoms with Gasteiger partial charge in [0, 0.05) is 12.1 Å². The SMILES string of the molecule is O=[N+]([O-])c1cccc(F)c1NC1CC(c2ccccc2)C1. The Bertz CT molecular complexity index is 655. The first kappa shape index (κ1) is 13.5. The van der Waals surface area contributed by atoms with Crippen LogP contribution in [0.25, 0.3) is 0 Å². The minimum absolute atomic E-state index is 0.000915. The fourth-order valence-electron chi connectivity index (χ4n) is 2.74. The molecule has 5 heteroatoms. The molecule has 3 rings (SSSR count). The van der Waals surface area contributed by atoms with Gasteiger partial charge in [0.25, 0.3) is 5.69 Å². The van der Waals surface area contributed by atoms with Crippen molar-refractivity contribution in [3.8, 4) is 0 Å². The predicted octanol–water partition coefficient (Wildman–Crippen LogP) is 4.09. The molecule has 0 unspecified atom stereocenters. The van der Waals surface area contributed by atoms with E-state index in [2.05, 4.69) is 17.4 Å². The van der Waals surface area contributed by atoms with Crippen LogP contribution in [0.1, 0.15) is 24.3 Å². The number of nitro groups is 1. The van der Waals surface area contributed by atoms with Crippen molar-refractivity contribution in [2.75, 3.05) is 5.32 Å². The number of nitrogens with zero attached hydrogens (tertiary/aromatic N) is 1. The third-order valence-electron chi connectivity index (χ3n) is 3.95. The molecule has 2 aromatic carbocycles. The van der Waals surface area contributed by atoms with E-state index >= 15 is 0 Å². The third kappa shape index (κ3) is 2.72. The molecule has 0 bridgehead atoms. The molecule has 0 aliphatic heterocycles. The molecular weight excluding hydrogens is 271 g/mol. The van der Waals surface area contributed by atoms with Gasteiger partial charge in [-0.05, 0) is 30.4 Å². The van der Waals surface area contributed by atoms with E-state index in [-0.39, 0.29) is 17.4 Å². The van der Waals surface area contributed by atoms with Gasteiger partial charge in [0.2, 0.25) is 0 Å². The van der Waals surface area contributed by atoms with Crippen LogP contribution in [0.2, 0.25) is 0 Å². The Labute approximate surface area is 121 Å². The molecule has 1 N–H and O–H groups in total. The quantitative estimate of drug-likeness (QED) is 0.680. The van der Waals surface area contributed by atoms with E-state index in [4.69, 9.17) is 0 Å². The van der Waals surface area contributed by atoms with Crippen molar-refractivity contribution >= 4 is 11.4 Å². The lowest BCUT2D eigenvalue weighted by molar-refractivity contribution is -0.384. The van der Waals surface area contributed by atoms with E-state index < -0.39 is 10.7 Å². The summed E-state index contributed by atoms with van der Waals surface area (Å²) >= 11 is 0. The van der Waals surface area contributed by atoms with Crippen LogP contribution in [0.4, 0.5) is 15.8 Å². The summed E-state index contributed by atoms with van der Waals surface area (Å²) in [5.74, 6) is -0.137. The van der Waals surface area contributed by atoms with Gasteiger partial charge in [-0.3, -0.25) is 10.1 Å². The molecule has 0 spiro atoms. The van der Waals surface area contributed by atoms with Crippen molar-refractivity contribution in [2.45, 2.75) is 24.8 Å². The van der Waals surface area contributed by atoms with Crippen LogP contribution in [0.5, 0.6) is 0 Å². The van der Waals surface area contributed by atoms with Gasteiger partial charge in [-0.25, -0.2) is 4.39 Å². The molecule has 0 aromatic heterocycles. The van der Waals surface area contributed by atoms with Crippen molar-refractivity contribution in [2.24, 2.45) is 0 Å². The lowest BCUT2D eigenvalue weighted by atomic mass is 9.76. The first-order valence-corrected chi connectivity index (χ1v) is 6.89. The van der Waals surface area contributed by atoms with Crippen molar-refractivity contribution in [3.63, 3.8) is 0 Å². The lowest BCUT2D eigenvalue weighted by Gasteiger charge is -2.36. The van der Waals surface area contributed by atoms with Crippen LogP contribution in [0.3, 0.4) is 0 Å². The maximum Gasteiger partial charge on any atom is 0.295 e. The van der Waals surface area contributed by atoms with Crippen LogP contribution >= 0.6 is 0 Å². The minimum atomic E-state index is -0.577. The maximum atomic E-state index is 13.8. The van der Waals surface area contributed by atoms with Gasteiger partial charge in [-0.2, -0.15) is 0 Å². The Morgan fingerprint density at radius 2 is 1.81 bits per heavy atom. The van der Waals surface area contributed by atoms with Crippen molar-refractivity contribution in [3.05, 3.63) is 70.0 Å². The molecule has 4 nitrogen and oxygen atoms in total. The molecular formula is C16H15FN2O2. The van der Waals surface area contributed by atoms with Gasteiger partial charge in [0.1, 0.15) is 5.69 Å². The largest absolute Gasteiger partial charge is 0.374 e. The van der Waals surface area contributed by atoms with Crippen LogP contribution in [0, 0.1) is 15.9 Å². The monoisotopic (exact) mass is 286 g/mol. The van der Waals surface area contributed by atoms with Gasteiger partial charge >= 0.3 is 0 Å². The highest BCUT2D eigenvalue weighted by atomic mass is 19.1. The van der Waals surface area contributed by atoms with E-state index in [0.717, 1.165) is 12.8 Å². The number of hydrogen-bond acceptors (Lipinski definition) is 3. The summed E-state index contributed by atoms with van der Waals surface area (Å²) in [6.07, 6.45) is 1.71. The van der Waals surface area contributed by atoms with Gasteiger partial charge < -0.3 is 5.32 Å². The normalized spacial score (nSPS) is 20.6. The maximum absolute atomic E-state index is 13.8. The van der Waals surface area contributed by atoms with E-state index in [1.807, 2.05) is 18.2 Å². The second-order valence-corrected chi connectivity index (χ2v) is 5.31. The van der Waals surface area contributed by atoms with E-state index in [1.165, 1.54) is 23.8 Å². The molecule has 0 heterocycles. The van der Waals surface area contributed by atoms with E-state index in [9.17, 15) is 14.5 Å². The van der Waals surface area contributed by atoms with Crippen LogP contribution in [-0.2, 0) is 0 Å². The zero-order chi connectivity index (χ0) is 14.8. The van der Waals surface area contributed by atoms with Crippen LogP contribution < -0.4 is 5.32 Å². The third-order valence-corrected chi connectivity index (χ3v) is 3.95. The van der Waals surface area contributed by atoms with Crippen LogP contribution in [-0.4, -0.2) is 11.0 Å². The summed E-state index contributed by atoms with van der Waals surface area (Å²) < 4.78 is 13.8.